The van der Waals surface area contributed by atoms with E-state index in [0.717, 1.165) is 4.47 Å². The smallest absolute Gasteiger partial charge is 0.170 e. The zero-order valence-electron chi connectivity index (χ0n) is 6.62. The first-order chi connectivity index (χ1) is 5.74. The summed E-state index contributed by atoms with van der Waals surface area (Å²) >= 11 is 3.17. The minimum Gasteiger partial charge on any atom is -0.397 e. The van der Waals surface area contributed by atoms with E-state index in [4.69, 9.17) is 5.73 Å². The van der Waals surface area contributed by atoms with Crippen LogP contribution in [-0.2, 0) is 0 Å². The van der Waals surface area contributed by atoms with Crippen molar-refractivity contribution in [2.45, 2.75) is 0 Å². The molecule has 0 aliphatic heterocycles. The number of rotatable bonds is 1. The molecule has 4 nitrogen and oxygen atoms in total. The fourth-order valence-corrected chi connectivity index (χ4v) is 0.913. The van der Waals surface area contributed by atoms with Gasteiger partial charge < -0.3 is 11.5 Å². The number of anilines is 1. The molecule has 4 N–H and O–H groups in total. The third-order valence-corrected chi connectivity index (χ3v) is 1.46. The van der Waals surface area contributed by atoms with Crippen LogP contribution < -0.4 is 11.5 Å². The Morgan fingerprint density at radius 1 is 1.58 bits per heavy atom. The average molecular weight is 232 g/mol. The SMILES string of the molecule is CN.Nc1cc(Br)cnc1C=O. The molecular formula is C7H10BrN3O. The van der Waals surface area contributed by atoms with Gasteiger partial charge in [0.15, 0.2) is 6.29 Å². The lowest BCUT2D eigenvalue weighted by atomic mass is 10.3. The third kappa shape index (κ3) is 2.98. The van der Waals surface area contributed by atoms with Crippen LogP contribution in [0.15, 0.2) is 16.7 Å². The first kappa shape index (κ1) is 11.1. The second kappa shape index (κ2) is 5.68. The zero-order valence-corrected chi connectivity index (χ0v) is 8.21. The van der Waals surface area contributed by atoms with Crippen molar-refractivity contribution >= 4 is 27.9 Å². The highest BCUT2D eigenvalue weighted by molar-refractivity contribution is 9.10. The summed E-state index contributed by atoms with van der Waals surface area (Å²) in [7, 11) is 1.50. The summed E-state index contributed by atoms with van der Waals surface area (Å²) in [5.41, 5.74) is 10.6. The second-order valence-corrected chi connectivity index (χ2v) is 2.66. The first-order valence-corrected chi connectivity index (χ1v) is 3.97. The van der Waals surface area contributed by atoms with Crippen molar-refractivity contribution in [2.24, 2.45) is 5.73 Å². The van der Waals surface area contributed by atoms with Crippen LogP contribution in [-0.4, -0.2) is 18.3 Å². The Balaban J connectivity index is 0.000000561. The molecule has 1 rings (SSSR count). The van der Waals surface area contributed by atoms with Gasteiger partial charge in [-0.1, -0.05) is 0 Å². The standard InChI is InChI=1S/C6H5BrN2O.CH5N/c7-4-1-5(8)6(3-10)9-2-4;1-2/h1-3H,8H2;2H2,1H3. The molecule has 0 unspecified atom stereocenters. The summed E-state index contributed by atoms with van der Waals surface area (Å²) in [6.45, 7) is 0. The van der Waals surface area contributed by atoms with Gasteiger partial charge in [0.05, 0.1) is 5.69 Å². The van der Waals surface area contributed by atoms with Crippen molar-refractivity contribution in [2.75, 3.05) is 12.8 Å². The molecule has 66 valence electrons. The van der Waals surface area contributed by atoms with E-state index in [1.54, 1.807) is 6.07 Å². The van der Waals surface area contributed by atoms with Crippen LogP contribution in [0.5, 0.6) is 0 Å². The van der Waals surface area contributed by atoms with Crippen molar-refractivity contribution in [3.05, 3.63) is 22.4 Å². The molecule has 12 heavy (non-hydrogen) atoms. The Morgan fingerprint density at radius 2 is 2.17 bits per heavy atom. The van der Waals surface area contributed by atoms with E-state index in [0.29, 0.717) is 12.0 Å². The highest BCUT2D eigenvalue weighted by atomic mass is 79.9. The van der Waals surface area contributed by atoms with Crippen LogP contribution in [0.3, 0.4) is 0 Å². The lowest BCUT2D eigenvalue weighted by Gasteiger charge is -1.95. The van der Waals surface area contributed by atoms with E-state index in [2.05, 4.69) is 26.6 Å². The number of hydrogen-bond donors (Lipinski definition) is 2. The van der Waals surface area contributed by atoms with Crippen LogP contribution in [0.4, 0.5) is 5.69 Å². The Kier molecular flexibility index (Phi) is 5.23. The van der Waals surface area contributed by atoms with Crippen LogP contribution in [0.25, 0.3) is 0 Å². The lowest BCUT2D eigenvalue weighted by molar-refractivity contribution is 0.112. The van der Waals surface area contributed by atoms with Gasteiger partial charge >= 0.3 is 0 Å². The van der Waals surface area contributed by atoms with Crippen LogP contribution in [0, 0.1) is 0 Å². The van der Waals surface area contributed by atoms with Gasteiger partial charge in [-0.15, -0.1) is 0 Å². The highest BCUT2D eigenvalue weighted by Crippen LogP contribution is 2.13. The fraction of sp³-hybridized carbons (Fsp3) is 0.143. The predicted molar refractivity (Wildman–Crippen MR) is 51.8 cm³/mol. The topological polar surface area (TPSA) is 82.0 Å². The third-order valence-electron chi connectivity index (χ3n) is 1.03. The minimum atomic E-state index is 0.281. The zero-order chi connectivity index (χ0) is 9.56. The Hall–Kier alpha value is -0.940. The van der Waals surface area contributed by atoms with E-state index in [1.807, 2.05) is 0 Å². The summed E-state index contributed by atoms with van der Waals surface area (Å²) in [6, 6.07) is 1.64. The molecule has 0 atom stereocenters. The number of halogens is 1. The van der Waals surface area contributed by atoms with Crippen molar-refractivity contribution in [3.8, 4) is 0 Å². The number of hydrogen-bond acceptors (Lipinski definition) is 4. The van der Waals surface area contributed by atoms with Gasteiger partial charge in [-0.25, -0.2) is 0 Å². The summed E-state index contributed by atoms with van der Waals surface area (Å²) in [5.74, 6) is 0. The molecule has 0 spiro atoms. The molecule has 0 saturated heterocycles. The lowest BCUT2D eigenvalue weighted by Crippen LogP contribution is -1.95. The quantitative estimate of drug-likeness (QED) is 0.702. The number of nitrogens with zero attached hydrogens (tertiary/aromatic N) is 1. The average Bonchev–Trinajstić information content (AvgIpc) is 2.08. The van der Waals surface area contributed by atoms with Gasteiger partial charge in [0.2, 0.25) is 0 Å². The summed E-state index contributed by atoms with van der Waals surface area (Å²) < 4.78 is 0.774. The van der Waals surface area contributed by atoms with Crippen molar-refractivity contribution in [1.29, 1.82) is 0 Å². The number of aromatic nitrogens is 1. The highest BCUT2D eigenvalue weighted by Gasteiger charge is 1.97. The van der Waals surface area contributed by atoms with E-state index < -0.39 is 0 Å². The Labute approximate surface area is 79.1 Å². The molecule has 1 aromatic rings. The molecule has 5 heteroatoms. The fourth-order valence-electron chi connectivity index (χ4n) is 0.564. The molecule has 0 fully saturated rings. The summed E-state index contributed by atoms with van der Waals surface area (Å²) in [4.78, 5) is 13.9. The molecule has 1 aromatic heterocycles. The van der Waals surface area contributed by atoms with E-state index in [-0.39, 0.29) is 5.69 Å². The van der Waals surface area contributed by atoms with Crippen LogP contribution >= 0.6 is 15.9 Å². The molecule has 0 amide bonds. The van der Waals surface area contributed by atoms with Gasteiger partial charge in [-0.3, -0.25) is 9.78 Å². The number of aldehydes is 1. The number of nitrogens with two attached hydrogens (primary N) is 2. The largest absolute Gasteiger partial charge is 0.397 e. The minimum absolute atomic E-state index is 0.281. The van der Waals surface area contributed by atoms with Gasteiger partial charge in [0.1, 0.15) is 5.69 Å². The monoisotopic (exact) mass is 231 g/mol. The maximum absolute atomic E-state index is 10.2. The van der Waals surface area contributed by atoms with Crippen molar-refractivity contribution in [3.63, 3.8) is 0 Å². The summed E-state index contributed by atoms with van der Waals surface area (Å²) in [5, 5.41) is 0. The van der Waals surface area contributed by atoms with E-state index in [1.165, 1.54) is 13.2 Å². The molecule has 1 heterocycles. The van der Waals surface area contributed by atoms with Crippen LogP contribution in [0.1, 0.15) is 10.5 Å². The van der Waals surface area contributed by atoms with Gasteiger partial charge in [-0.05, 0) is 29.0 Å². The molecular weight excluding hydrogens is 222 g/mol. The van der Waals surface area contributed by atoms with Crippen molar-refractivity contribution in [1.82, 2.24) is 4.98 Å². The number of carbonyl (C=O) groups excluding carboxylic acids is 1. The Bertz CT molecular complexity index is 265. The van der Waals surface area contributed by atoms with Gasteiger partial charge in [0.25, 0.3) is 0 Å². The van der Waals surface area contributed by atoms with E-state index in [9.17, 15) is 4.79 Å². The van der Waals surface area contributed by atoms with Crippen LogP contribution in [0.2, 0.25) is 0 Å². The van der Waals surface area contributed by atoms with Gasteiger partial charge in [0, 0.05) is 10.7 Å². The summed E-state index contributed by atoms with van der Waals surface area (Å²) in [6.07, 6.45) is 2.15. The first-order valence-electron chi connectivity index (χ1n) is 3.18. The number of nitrogen functional groups attached to an aromatic ring is 1. The number of pyridine rings is 1. The Morgan fingerprint density at radius 3 is 2.58 bits per heavy atom. The molecule has 0 aliphatic carbocycles. The molecule has 0 radical (unpaired) electrons. The number of carbonyl (C=O) groups is 1. The molecule has 0 bridgehead atoms. The maximum Gasteiger partial charge on any atom is 0.170 e. The second-order valence-electron chi connectivity index (χ2n) is 1.75. The molecule has 0 aliphatic rings. The maximum atomic E-state index is 10.2. The predicted octanol–water partition coefficient (Wildman–Crippen LogP) is 0.814. The normalized spacial score (nSPS) is 8.25. The molecule has 0 saturated carbocycles. The van der Waals surface area contributed by atoms with Crippen molar-refractivity contribution < 1.29 is 4.79 Å². The molecule has 0 aromatic carbocycles. The van der Waals surface area contributed by atoms with E-state index >= 15 is 0 Å². The van der Waals surface area contributed by atoms with Gasteiger partial charge in [-0.2, -0.15) is 0 Å².